The number of non-ortho nitro benzene ring substituents is 1. The molecule has 0 aromatic heterocycles. The first-order valence-corrected chi connectivity index (χ1v) is 6.45. The maximum absolute atomic E-state index is 11.9. The van der Waals surface area contributed by atoms with Gasteiger partial charge in [0.15, 0.2) is 0 Å². The molecule has 0 spiro atoms. The highest BCUT2D eigenvalue weighted by atomic mass is 16.6. The number of benzene rings is 1. The first-order chi connectivity index (χ1) is 9.85. The number of nitro benzene ring substituents is 1. The normalized spacial score (nSPS) is 11.8. The summed E-state index contributed by atoms with van der Waals surface area (Å²) in [5.74, 6) is -1.02. The maximum Gasteiger partial charge on any atom is 0.328 e. The molecule has 1 N–H and O–H groups in total. The molecular weight excluding hydrogens is 276 g/mol. The molecule has 0 aliphatic carbocycles. The van der Waals surface area contributed by atoms with Crippen molar-refractivity contribution >= 4 is 17.6 Å². The summed E-state index contributed by atoms with van der Waals surface area (Å²) in [6.45, 7) is 3.57. The van der Waals surface area contributed by atoms with Crippen molar-refractivity contribution in [2.75, 3.05) is 7.11 Å². The number of rotatable bonds is 6. The van der Waals surface area contributed by atoms with E-state index in [1.807, 2.05) is 0 Å². The van der Waals surface area contributed by atoms with Gasteiger partial charge in [-0.3, -0.25) is 14.9 Å². The quantitative estimate of drug-likeness (QED) is 0.486. The lowest BCUT2D eigenvalue weighted by Gasteiger charge is -2.19. The predicted octanol–water partition coefficient (Wildman–Crippen LogP) is 1.45. The number of amides is 1. The van der Waals surface area contributed by atoms with E-state index < -0.39 is 16.9 Å². The van der Waals surface area contributed by atoms with Crippen molar-refractivity contribution in [2.24, 2.45) is 5.92 Å². The molecule has 0 bridgehead atoms. The molecule has 1 atom stereocenters. The summed E-state index contributed by atoms with van der Waals surface area (Å²) >= 11 is 0. The van der Waals surface area contributed by atoms with Gasteiger partial charge in [0.05, 0.1) is 18.5 Å². The van der Waals surface area contributed by atoms with Crippen LogP contribution in [0.4, 0.5) is 5.69 Å². The molecule has 0 aliphatic heterocycles. The number of esters is 1. The SMILES string of the molecule is COC(=O)C(NC(=O)Cc1cccc([N+](=O)[O-])c1)C(C)C. The standard InChI is InChI=1S/C14H18N2O5/c1-9(2)13(14(18)21-3)15-12(17)8-10-5-4-6-11(7-10)16(19)20/h4-7,9,13H,8H2,1-3H3,(H,15,17). The number of hydrogen-bond acceptors (Lipinski definition) is 5. The number of nitrogens with one attached hydrogen (secondary N) is 1. The minimum atomic E-state index is -0.735. The van der Waals surface area contributed by atoms with E-state index in [0.717, 1.165) is 0 Å². The highest BCUT2D eigenvalue weighted by Gasteiger charge is 2.24. The summed E-state index contributed by atoms with van der Waals surface area (Å²) in [6, 6.07) is 5.09. The second-order valence-electron chi connectivity index (χ2n) is 4.92. The summed E-state index contributed by atoms with van der Waals surface area (Å²) in [5, 5.41) is 13.3. The molecule has 21 heavy (non-hydrogen) atoms. The molecule has 1 aromatic carbocycles. The summed E-state index contributed by atoms with van der Waals surface area (Å²) in [6.07, 6.45) is -0.0398. The molecule has 0 heterocycles. The second kappa shape index (κ2) is 7.37. The predicted molar refractivity (Wildman–Crippen MR) is 75.6 cm³/mol. The lowest BCUT2D eigenvalue weighted by atomic mass is 10.0. The van der Waals surface area contributed by atoms with Crippen LogP contribution in [-0.4, -0.2) is 30.0 Å². The first-order valence-electron chi connectivity index (χ1n) is 6.45. The van der Waals surface area contributed by atoms with Crippen LogP contribution in [0.3, 0.4) is 0 Å². The monoisotopic (exact) mass is 294 g/mol. The van der Waals surface area contributed by atoms with Crippen molar-refractivity contribution in [1.29, 1.82) is 0 Å². The van der Waals surface area contributed by atoms with Gasteiger partial charge in [0.2, 0.25) is 5.91 Å². The summed E-state index contributed by atoms with van der Waals surface area (Å²) < 4.78 is 4.63. The molecule has 0 aliphatic rings. The summed E-state index contributed by atoms with van der Waals surface area (Å²) in [7, 11) is 1.25. The Kier molecular flexibility index (Phi) is 5.83. The van der Waals surface area contributed by atoms with Crippen molar-refractivity contribution in [1.82, 2.24) is 5.32 Å². The molecule has 1 aromatic rings. The fourth-order valence-electron chi connectivity index (χ4n) is 1.81. The van der Waals surface area contributed by atoms with Crippen LogP contribution in [0.2, 0.25) is 0 Å². The van der Waals surface area contributed by atoms with E-state index in [1.165, 1.54) is 25.3 Å². The second-order valence-corrected chi connectivity index (χ2v) is 4.92. The van der Waals surface area contributed by atoms with Crippen LogP contribution in [0.25, 0.3) is 0 Å². The number of hydrogen-bond donors (Lipinski definition) is 1. The number of nitro groups is 1. The van der Waals surface area contributed by atoms with Gasteiger partial charge < -0.3 is 10.1 Å². The molecule has 0 fully saturated rings. The first kappa shape index (κ1) is 16.6. The van der Waals surface area contributed by atoms with E-state index in [0.29, 0.717) is 5.56 Å². The Bertz CT molecular complexity index is 542. The van der Waals surface area contributed by atoms with Crippen molar-refractivity contribution in [3.63, 3.8) is 0 Å². The Morgan fingerprint density at radius 1 is 1.38 bits per heavy atom. The third-order valence-corrected chi connectivity index (χ3v) is 2.92. The van der Waals surface area contributed by atoms with Gasteiger partial charge in [-0.25, -0.2) is 4.79 Å². The van der Waals surface area contributed by atoms with Gasteiger partial charge in [-0.1, -0.05) is 26.0 Å². The van der Waals surface area contributed by atoms with Crippen molar-refractivity contribution in [3.8, 4) is 0 Å². The minimum absolute atomic E-state index is 0.0398. The molecule has 7 nitrogen and oxygen atoms in total. The van der Waals surface area contributed by atoms with Crippen LogP contribution in [0, 0.1) is 16.0 Å². The Hall–Kier alpha value is -2.44. The molecule has 0 saturated heterocycles. The number of nitrogens with zero attached hydrogens (tertiary/aromatic N) is 1. The topological polar surface area (TPSA) is 98.5 Å². The number of methoxy groups -OCH3 is 1. The molecule has 1 amide bonds. The van der Waals surface area contributed by atoms with E-state index in [4.69, 9.17) is 0 Å². The van der Waals surface area contributed by atoms with Crippen molar-refractivity contribution in [2.45, 2.75) is 26.3 Å². The average Bonchev–Trinajstić information content (AvgIpc) is 2.43. The Labute approximate surface area is 122 Å². The van der Waals surface area contributed by atoms with E-state index in [1.54, 1.807) is 19.9 Å². The van der Waals surface area contributed by atoms with Crippen molar-refractivity contribution < 1.29 is 19.2 Å². The fourth-order valence-corrected chi connectivity index (χ4v) is 1.81. The van der Waals surface area contributed by atoms with Crippen LogP contribution >= 0.6 is 0 Å². The van der Waals surface area contributed by atoms with E-state index in [2.05, 4.69) is 10.1 Å². The van der Waals surface area contributed by atoms with Gasteiger partial charge in [0, 0.05) is 12.1 Å². The molecule has 7 heteroatoms. The van der Waals surface area contributed by atoms with Gasteiger partial charge in [-0.15, -0.1) is 0 Å². The highest BCUT2D eigenvalue weighted by Crippen LogP contribution is 2.13. The zero-order chi connectivity index (χ0) is 16.0. The van der Waals surface area contributed by atoms with Gasteiger partial charge in [0.25, 0.3) is 5.69 Å². The van der Waals surface area contributed by atoms with Crippen molar-refractivity contribution in [3.05, 3.63) is 39.9 Å². The zero-order valence-electron chi connectivity index (χ0n) is 12.2. The van der Waals surface area contributed by atoms with Gasteiger partial charge in [-0.05, 0) is 11.5 Å². The summed E-state index contributed by atoms with van der Waals surface area (Å²) in [5.41, 5.74) is 0.433. The maximum atomic E-state index is 11.9. The molecule has 114 valence electrons. The van der Waals surface area contributed by atoms with E-state index >= 15 is 0 Å². The number of carbonyl (C=O) groups is 2. The largest absolute Gasteiger partial charge is 0.467 e. The lowest BCUT2D eigenvalue weighted by molar-refractivity contribution is -0.384. The Morgan fingerprint density at radius 3 is 2.57 bits per heavy atom. The van der Waals surface area contributed by atoms with E-state index in [9.17, 15) is 19.7 Å². The van der Waals surface area contributed by atoms with E-state index in [-0.39, 0.29) is 23.9 Å². The highest BCUT2D eigenvalue weighted by molar-refractivity contribution is 5.85. The van der Waals surface area contributed by atoms with Crippen LogP contribution in [0.5, 0.6) is 0 Å². The summed E-state index contributed by atoms with van der Waals surface area (Å²) in [4.78, 5) is 33.7. The Balaban J connectivity index is 2.74. The van der Waals surface area contributed by atoms with Gasteiger partial charge in [0.1, 0.15) is 6.04 Å². The molecule has 1 rings (SSSR count). The zero-order valence-corrected chi connectivity index (χ0v) is 12.2. The molecule has 0 radical (unpaired) electrons. The molecule has 0 saturated carbocycles. The molecular formula is C14H18N2O5. The van der Waals surface area contributed by atoms with Gasteiger partial charge >= 0.3 is 5.97 Å². The third-order valence-electron chi connectivity index (χ3n) is 2.92. The van der Waals surface area contributed by atoms with Crippen LogP contribution in [0.1, 0.15) is 19.4 Å². The van der Waals surface area contributed by atoms with Gasteiger partial charge in [-0.2, -0.15) is 0 Å². The fraction of sp³-hybridized carbons (Fsp3) is 0.429. The average molecular weight is 294 g/mol. The lowest BCUT2D eigenvalue weighted by Crippen LogP contribution is -2.45. The Morgan fingerprint density at radius 2 is 2.05 bits per heavy atom. The van der Waals surface area contributed by atoms with Crippen LogP contribution < -0.4 is 5.32 Å². The third kappa shape index (κ3) is 4.87. The van der Waals surface area contributed by atoms with Crippen LogP contribution in [0.15, 0.2) is 24.3 Å². The number of carbonyl (C=O) groups excluding carboxylic acids is 2. The number of ether oxygens (including phenoxy) is 1. The van der Waals surface area contributed by atoms with Crippen LogP contribution in [-0.2, 0) is 20.7 Å². The smallest absolute Gasteiger partial charge is 0.328 e. The molecule has 1 unspecified atom stereocenters. The minimum Gasteiger partial charge on any atom is -0.467 e.